The summed E-state index contributed by atoms with van der Waals surface area (Å²) >= 11 is 2.26. The van der Waals surface area contributed by atoms with Gasteiger partial charge in [-0.15, -0.1) is 0 Å². The summed E-state index contributed by atoms with van der Waals surface area (Å²) in [5, 5.41) is 13.1. The first kappa shape index (κ1) is 27.5. The minimum absolute atomic E-state index is 0.0121. The maximum Gasteiger partial charge on any atom is 0.166 e. The second-order valence-electron chi connectivity index (χ2n) is 10.9. The van der Waals surface area contributed by atoms with Gasteiger partial charge in [0.2, 0.25) is 0 Å². The SMILES string of the molecule is N=C(CC(=O)/C=C1/CC[C@H](OC2CCCCO2)C1)c1cnn2ccc(N3CCC[C@@H]3c3cc(F)ccc3I)nc12. The van der Waals surface area contributed by atoms with Gasteiger partial charge in [-0.2, -0.15) is 5.10 Å². The second-order valence-corrected chi connectivity index (χ2v) is 12.0. The molecule has 3 aliphatic rings. The summed E-state index contributed by atoms with van der Waals surface area (Å²) in [6.07, 6.45) is 12.6. The number of benzene rings is 1. The molecule has 4 heterocycles. The largest absolute Gasteiger partial charge is 0.353 e. The van der Waals surface area contributed by atoms with E-state index in [1.165, 1.54) is 6.07 Å². The van der Waals surface area contributed by atoms with E-state index in [-0.39, 0.29) is 42.2 Å². The van der Waals surface area contributed by atoms with E-state index < -0.39 is 0 Å². The van der Waals surface area contributed by atoms with Crippen molar-refractivity contribution < 1.29 is 18.7 Å². The summed E-state index contributed by atoms with van der Waals surface area (Å²) in [6, 6.07) is 6.85. The molecule has 0 amide bonds. The lowest BCUT2D eigenvalue weighted by molar-refractivity contribution is -0.185. The van der Waals surface area contributed by atoms with E-state index in [0.717, 1.165) is 85.0 Å². The Labute approximate surface area is 246 Å². The molecule has 40 heavy (non-hydrogen) atoms. The molecule has 1 N–H and O–H groups in total. The predicted molar refractivity (Wildman–Crippen MR) is 158 cm³/mol. The van der Waals surface area contributed by atoms with E-state index >= 15 is 0 Å². The maximum absolute atomic E-state index is 14.1. The zero-order chi connectivity index (χ0) is 27.6. The highest BCUT2D eigenvalue weighted by atomic mass is 127. The van der Waals surface area contributed by atoms with Crippen molar-refractivity contribution in [3.8, 4) is 0 Å². The quantitative estimate of drug-likeness (QED) is 0.177. The Morgan fingerprint density at radius 1 is 1.23 bits per heavy atom. The molecule has 3 fully saturated rings. The van der Waals surface area contributed by atoms with Gasteiger partial charge in [-0.1, -0.05) is 5.57 Å². The van der Waals surface area contributed by atoms with E-state index in [0.29, 0.717) is 11.2 Å². The molecule has 3 aromatic rings. The molecule has 10 heteroatoms. The van der Waals surface area contributed by atoms with Gasteiger partial charge in [-0.3, -0.25) is 4.79 Å². The zero-order valence-electron chi connectivity index (χ0n) is 22.3. The number of allylic oxidation sites excluding steroid dienone is 1. The number of fused-ring (bicyclic) bond motifs is 1. The van der Waals surface area contributed by atoms with Crippen LogP contribution in [0.5, 0.6) is 0 Å². The van der Waals surface area contributed by atoms with Gasteiger partial charge < -0.3 is 19.8 Å². The lowest BCUT2D eigenvalue weighted by atomic mass is 10.0. The van der Waals surface area contributed by atoms with Crippen LogP contribution in [0.15, 0.2) is 48.3 Å². The second kappa shape index (κ2) is 12.0. The van der Waals surface area contributed by atoms with Crippen LogP contribution in [0, 0.1) is 14.8 Å². The molecule has 210 valence electrons. The maximum atomic E-state index is 14.1. The average Bonchev–Trinajstić information content (AvgIpc) is 3.70. The Hall–Kier alpha value is -2.70. The molecule has 0 radical (unpaired) electrons. The summed E-state index contributed by atoms with van der Waals surface area (Å²) in [6.45, 7) is 1.57. The third kappa shape index (κ3) is 5.99. The number of nitrogens with zero attached hydrogens (tertiary/aromatic N) is 4. The van der Waals surface area contributed by atoms with E-state index in [9.17, 15) is 9.18 Å². The van der Waals surface area contributed by atoms with Crippen molar-refractivity contribution in [3.63, 3.8) is 0 Å². The minimum atomic E-state index is -0.240. The van der Waals surface area contributed by atoms with Crippen LogP contribution in [-0.4, -0.2) is 51.6 Å². The van der Waals surface area contributed by atoms with Crippen molar-refractivity contribution in [1.29, 1.82) is 5.41 Å². The number of carbonyl (C=O) groups is 1. The van der Waals surface area contributed by atoms with Crippen LogP contribution in [0.4, 0.5) is 10.2 Å². The topological polar surface area (TPSA) is 92.8 Å². The van der Waals surface area contributed by atoms with Gasteiger partial charge in [0.05, 0.1) is 36.0 Å². The number of ether oxygens (including phenoxy) is 2. The lowest BCUT2D eigenvalue weighted by Gasteiger charge is -2.27. The predicted octanol–water partition coefficient (Wildman–Crippen LogP) is 6.16. The third-order valence-corrected chi connectivity index (χ3v) is 9.00. The van der Waals surface area contributed by atoms with Crippen molar-refractivity contribution in [3.05, 3.63) is 68.8 Å². The summed E-state index contributed by atoms with van der Waals surface area (Å²) in [5.74, 6) is 0.429. The van der Waals surface area contributed by atoms with Gasteiger partial charge in [0.15, 0.2) is 17.7 Å². The molecule has 1 aromatic carbocycles. The van der Waals surface area contributed by atoms with Gasteiger partial charge in [-0.25, -0.2) is 13.9 Å². The first-order valence-electron chi connectivity index (χ1n) is 14.1. The first-order valence-corrected chi connectivity index (χ1v) is 15.2. The lowest BCUT2D eigenvalue weighted by Crippen LogP contribution is -2.26. The minimum Gasteiger partial charge on any atom is -0.353 e. The summed E-state index contributed by atoms with van der Waals surface area (Å²) < 4.78 is 28.5. The number of hydrogen-bond donors (Lipinski definition) is 1. The van der Waals surface area contributed by atoms with Gasteiger partial charge >= 0.3 is 0 Å². The molecule has 0 bridgehead atoms. The van der Waals surface area contributed by atoms with E-state index in [1.54, 1.807) is 22.9 Å². The molecule has 1 unspecified atom stereocenters. The highest BCUT2D eigenvalue weighted by Gasteiger charge is 2.30. The Balaban J connectivity index is 1.14. The number of anilines is 1. The van der Waals surface area contributed by atoms with Crippen LogP contribution in [0.2, 0.25) is 0 Å². The molecule has 0 spiro atoms. The van der Waals surface area contributed by atoms with Crippen molar-refractivity contribution in [1.82, 2.24) is 14.6 Å². The monoisotopic (exact) mass is 657 g/mol. The number of halogens is 2. The van der Waals surface area contributed by atoms with Gasteiger partial charge in [-0.05, 0) is 110 Å². The molecule has 3 atom stereocenters. The number of ketones is 1. The number of aromatic nitrogens is 3. The molecule has 2 aliphatic heterocycles. The smallest absolute Gasteiger partial charge is 0.166 e. The van der Waals surface area contributed by atoms with Crippen LogP contribution >= 0.6 is 22.6 Å². The Bertz CT molecular complexity index is 1450. The molecule has 6 rings (SSSR count). The first-order chi connectivity index (χ1) is 19.4. The van der Waals surface area contributed by atoms with Gasteiger partial charge in [0, 0.05) is 22.9 Å². The fourth-order valence-corrected chi connectivity index (χ4v) is 6.73. The van der Waals surface area contributed by atoms with Crippen molar-refractivity contribution >= 4 is 45.6 Å². The molecule has 1 aliphatic carbocycles. The van der Waals surface area contributed by atoms with Gasteiger partial charge in [0.1, 0.15) is 11.6 Å². The number of nitrogens with one attached hydrogen (secondary N) is 1. The highest BCUT2D eigenvalue weighted by molar-refractivity contribution is 14.1. The number of hydrogen-bond acceptors (Lipinski definition) is 7. The van der Waals surface area contributed by atoms with Crippen molar-refractivity contribution in [2.45, 2.75) is 76.2 Å². The van der Waals surface area contributed by atoms with Crippen LogP contribution in [0.25, 0.3) is 5.65 Å². The normalized spacial score (nSPS) is 24.3. The third-order valence-electron chi connectivity index (χ3n) is 8.02. The van der Waals surface area contributed by atoms with E-state index in [2.05, 4.69) is 32.6 Å². The molecule has 2 aromatic heterocycles. The Morgan fingerprint density at radius 2 is 2.12 bits per heavy atom. The van der Waals surface area contributed by atoms with Crippen LogP contribution in [0.3, 0.4) is 0 Å². The van der Waals surface area contributed by atoms with Crippen LogP contribution in [-0.2, 0) is 14.3 Å². The summed E-state index contributed by atoms with van der Waals surface area (Å²) in [5.41, 5.74) is 3.33. The standard InChI is InChI=1S/C30H33FIN5O3/c31-20-7-9-25(32)23(16-20)27-4-3-11-36(27)28-10-12-37-30(35-28)24(18-34-37)26(33)17-21(38)14-19-6-8-22(15-19)40-29-5-1-2-13-39-29/h7,9-10,12,14,16,18,22,27,29,33H,1-6,8,11,13,15,17H2/b19-14-,33-26?/t22-,27+,29?/m0/s1. The van der Waals surface area contributed by atoms with Crippen LogP contribution in [0.1, 0.15) is 75.0 Å². The molecule has 8 nitrogen and oxygen atoms in total. The number of rotatable bonds is 8. The van der Waals surface area contributed by atoms with Crippen molar-refractivity contribution in [2.24, 2.45) is 0 Å². The summed E-state index contributed by atoms with van der Waals surface area (Å²) in [7, 11) is 0. The fourth-order valence-electron chi connectivity index (χ4n) is 6.04. The number of carbonyl (C=O) groups excluding carboxylic acids is 1. The van der Waals surface area contributed by atoms with Gasteiger partial charge in [0.25, 0.3) is 0 Å². The Kier molecular flexibility index (Phi) is 8.27. The Morgan fingerprint density at radius 3 is 2.98 bits per heavy atom. The average molecular weight is 658 g/mol. The van der Waals surface area contributed by atoms with Crippen LogP contribution < -0.4 is 4.90 Å². The molecular weight excluding hydrogens is 624 g/mol. The van der Waals surface area contributed by atoms with Crippen molar-refractivity contribution in [2.75, 3.05) is 18.1 Å². The highest BCUT2D eigenvalue weighted by Crippen LogP contribution is 2.38. The van der Waals surface area contributed by atoms with E-state index in [1.807, 2.05) is 18.3 Å². The van der Waals surface area contributed by atoms with E-state index in [4.69, 9.17) is 19.9 Å². The summed E-state index contributed by atoms with van der Waals surface area (Å²) in [4.78, 5) is 20.0. The molecular formula is C30H33FIN5O3. The molecule has 1 saturated carbocycles. The zero-order valence-corrected chi connectivity index (χ0v) is 24.5. The molecule has 2 saturated heterocycles. The fraction of sp³-hybridized carbons (Fsp3) is 0.467.